The van der Waals surface area contributed by atoms with Crippen LogP contribution in [0.4, 0.5) is 5.69 Å². The topological polar surface area (TPSA) is 98.0 Å². The van der Waals surface area contributed by atoms with Crippen molar-refractivity contribution in [2.45, 2.75) is 24.3 Å². The Bertz CT molecular complexity index is 910. The number of ketones is 1. The molecule has 3 aromatic rings. The summed E-state index contributed by atoms with van der Waals surface area (Å²) in [6.45, 7) is 3.22. The van der Waals surface area contributed by atoms with Gasteiger partial charge in [-0.3, -0.25) is 14.6 Å². The molecule has 0 aliphatic heterocycles. The molecule has 2 aromatic heterocycles. The highest BCUT2D eigenvalue weighted by molar-refractivity contribution is 8.00. The van der Waals surface area contributed by atoms with E-state index in [-0.39, 0.29) is 11.7 Å². The third kappa shape index (κ3) is 4.34. The van der Waals surface area contributed by atoms with Crippen LogP contribution in [0.25, 0.3) is 11.5 Å². The van der Waals surface area contributed by atoms with Crippen molar-refractivity contribution >= 4 is 29.1 Å². The first-order valence-corrected chi connectivity index (χ1v) is 8.73. The van der Waals surface area contributed by atoms with Crippen LogP contribution in [0, 0.1) is 0 Å². The number of carbonyl (C=O) groups is 2. The molecule has 2 heterocycles. The minimum atomic E-state index is -0.396. The number of Topliss-reactive ketones (excluding diaryl/α,β-unsaturated/α-hetero) is 1. The van der Waals surface area contributed by atoms with E-state index in [4.69, 9.17) is 4.42 Å². The lowest BCUT2D eigenvalue weighted by Crippen LogP contribution is -2.13. The molecule has 0 saturated carbocycles. The summed E-state index contributed by atoms with van der Waals surface area (Å²) >= 11 is 1.20. The second-order valence-electron chi connectivity index (χ2n) is 5.49. The Hall–Kier alpha value is -3.00. The van der Waals surface area contributed by atoms with Gasteiger partial charge in [-0.25, -0.2) is 0 Å². The Kier molecular flexibility index (Phi) is 5.43. The van der Waals surface area contributed by atoms with Gasteiger partial charge >= 0.3 is 0 Å². The Morgan fingerprint density at radius 2 is 1.77 bits per heavy atom. The molecular weight excluding hydrogens is 352 g/mol. The van der Waals surface area contributed by atoms with Crippen molar-refractivity contribution in [3.8, 4) is 11.5 Å². The van der Waals surface area contributed by atoms with Crippen molar-refractivity contribution in [3.63, 3.8) is 0 Å². The van der Waals surface area contributed by atoms with Crippen molar-refractivity contribution < 1.29 is 14.0 Å². The average molecular weight is 368 g/mol. The van der Waals surface area contributed by atoms with Gasteiger partial charge in [-0.05, 0) is 43.3 Å². The lowest BCUT2D eigenvalue weighted by atomic mass is 10.1. The number of rotatable bonds is 6. The lowest BCUT2D eigenvalue weighted by Gasteiger charge is -2.08. The molecule has 1 N–H and O–H groups in total. The summed E-state index contributed by atoms with van der Waals surface area (Å²) in [5.41, 5.74) is 1.97. The van der Waals surface area contributed by atoms with Crippen LogP contribution in [-0.2, 0) is 4.79 Å². The number of hydrogen-bond acceptors (Lipinski definition) is 7. The van der Waals surface area contributed by atoms with Gasteiger partial charge in [-0.1, -0.05) is 11.8 Å². The van der Waals surface area contributed by atoms with Crippen LogP contribution < -0.4 is 5.32 Å². The minimum Gasteiger partial charge on any atom is -0.411 e. The van der Waals surface area contributed by atoms with Gasteiger partial charge in [-0.2, -0.15) is 0 Å². The van der Waals surface area contributed by atoms with E-state index in [1.54, 1.807) is 55.7 Å². The van der Waals surface area contributed by atoms with Gasteiger partial charge in [0.15, 0.2) is 5.78 Å². The standard InChI is InChI=1S/C18H16N4O3S/c1-11(16(24)13-3-5-15(6-4-13)20-12(2)23)26-18-22-21-17(25-18)14-7-9-19-10-8-14/h3-11H,1-2H3,(H,20,23). The van der Waals surface area contributed by atoms with Crippen molar-refractivity contribution in [1.29, 1.82) is 0 Å². The van der Waals surface area contributed by atoms with Gasteiger partial charge < -0.3 is 9.73 Å². The summed E-state index contributed by atoms with van der Waals surface area (Å²) in [5.74, 6) is 0.164. The fourth-order valence-corrected chi connectivity index (χ4v) is 2.99. The summed E-state index contributed by atoms with van der Waals surface area (Å²) in [7, 11) is 0. The van der Waals surface area contributed by atoms with Crippen LogP contribution in [0.3, 0.4) is 0 Å². The average Bonchev–Trinajstić information content (AvgIpc) is 3.10. The molecule has 0 bridgehead atoms. The van der Waals surface area contributed by atoms with Crippen LogP contribution in [0.15, 0.2) is 58.4 Å². The van der Waals surface area contributed by atoms with E-state index < -0.39 is 5.25 Å². The zero-order valence-electron chi connectivity index (χ0n) is 14.2. The SMILES string of the molecule is CC(=O)Nc1ccc(C(=O)C(C)Sc2nnc(-c3ccncc3)o2)cc1. The van der Waals surface area contributed by atoms with E-state index in [0.29, 0.717) is 22.4 Å². The Balaban J connectivity index is 1.66. The molecule has 3 rings (SSSR count). The molecule has 1 amide bonds. The van der Waals surface area contributed by atoms with Crippen molar-refractivity contribution in [1.82, 2.24) is 15.2 Å². The number of pyridine rings is 1. The smallest absolute Gasteiger partial charge is 0.277 e. The van der Waals surface area contributed by atoms with E-state index in [0.717, 1.165) is 5.56 Å². The highest BCUT2D eigenvalue weighted by Gasteiger charge is 2.20. The summed E-state index contributed by atoms with van der Waals surface area (Å²) in [6.07, 6.45) is 3.28. The monoisotopic (exact) mass is 368 g/mol. The molecule has 0 saturated heterocycles. The predicted molar refractivity (Wildman–Crippen MR) is 97.9 cm³/mol. The third-order valence-electron chi connectivity index (χ3n) is 3.47. The third-order valence-corrected chi connectivity index (χ3v) is 4.40. The maximum atomic E-state index is 12.6. The number of aromatic nitrogens is 3. The minimum absolute atomic E-state index is 0.0620. The maximum Gasteiger partial charge on any atom is 0.277 e. The molecule has 1 unspecified atom stereocenters. The number of benzene rings is 1. The molecule has 0 spiro atoms. The molecule has 132 valence electrons. The van der Waals surface area contributed by atoms with Crippen molar-refractivity contribution in [2.75, 3.05) is 5.32 Å². The molecule has 7 nitrogen and oxygen atoms in total. The van der Waals surface area contributed by atoms with E-state index in [9.17, 15) is 9.59 Å². The number of hydrogen-bond donors (Lipinski definition) is 1. The second kappa shape index (κ2) is 7.92. The van der Waals surface area contributed by atoms with Gasteiger partial charge in [0.1, 0.15) is 0 Å². The molecule has 0 fully saturated rings. The Labute approximate surface area is 154 Å². The number of nitrogens with one attached hydrogen (secondary N) is 1. The fourth-order valence-electron chi connectivity index (χ4n) is 2.23. The maximum absolute atomic E-state index is 12.6. The first-order chi connectivity index (χ1) is 12.5. The van der Waals surface area contributed by atoms with E-state index >= 15 is 0 Å². The summed E-state index contributed by atoms with van der Waals surface area (Å²) < 4.78 is 5.60. The fraction of sp³-hybridized carbons (Fsp3) is 0.167. The van der Waals surface area contributed by atoms with Crippen LogP contribution >= 0.6 is 11.8 Å². The Morgan fingerprint density at radius 1 is 1.08 bits per heavy atom. The van der Waals surface area contributed by atoms with Crippen molar-refractivity contribution in [3.05, 3.63) is 54.4 Å². The number of nitrogens with zero attached hydrogens (tertiary/aromatic N) is 3. The van der Waals surface area contributed by atoms with Gasteiger partial charge in [0.25, 0.3) is 5.22 Å². The molecule has 1 aromatic carbocycles. The van der Waals surface area contributed by atoms with Crippen molar-refractivity contribution in [2.24, 2.45) is 0 Å². The first-order valence-electron chi connectivity index (χ1n) is 7.85. The molecule has 0 aliphatic rings. The van der Waals surface area contributed by atoms with Gasteiger partial charge in [0, 0.05) is 36.1 Å². The van der Waals surface area contributed by atoms with E-state index in [1.807, 2.05) is 0 Å². The number of carbonyl (C=O) groups excluding carboxylic acids is 2. The summed E-state index contributed by atoms with van der Waals surface area (Å²) in [5, 5.41) is 10.6. The predicted octanol–water partition coefficient (Wildman–Crippen LogP) is 3.45. The molecule has 8 heteroatoms. The summed E-state index contributed by atoms with van der Waals surface area (Å²) in [6, 6.07) is 10.3. The highest BCUT2D eigenvalue weighted by atomic mass is 32.2. The van der Waals surface area contributed by atoms with Gasteiger partial charge in [-0.15, -0.1) is 10.2 Å². The molecule has 0 aliphatic carbocycles. The largest absolute Gasteiger partial charge is 0.411 e. The zero-order valence-corrected chi connectivity index (χ0v) is 15.0. The number of anilines is 1. The van der Waals surface area contributed by atoms with Crippen LogP contribution in [0.5, 0.6) is 0 Å². The molecule has 0 radical (unpaired) electrons. The van der Waals surface area contributed by atoms with Gasteiger partial charge in [0.05, 0.1) is 5.25 Å². The molecule has 1 atom stereocenters. The van der Waals surface area contributed by atoms with Crippen LogP contribution in [-0.4, -0.2) is 32.1 Å². The van der Waals surface area contributed by atoms with Crippen LogP contribution in [0.1, 0.15) is 24.2 Å². The van der Waals surface area contributed by atoms with E-state index in [2.05, 4.69) is 20.5 Å². The van der Waals surface area contributed by atoms with Crippen LogP contribution in [0.2, 0.25) is 0 Å². The first kappa shape index (κ1) is 17.8. The Morgan fingerprint density at radius 3 is 2.42 bits per heavy atom. The van der Waals surface area contributed by atoms with E-state index in [1.165, 1.54) is 18.7 Å². The normalized spacial score (nSPS) is 11.8. The lowest BCUT2D eigenvalue weighted by molar-refractivity contribution is -0.114. The number of amides is 1. The zero-order chi connectivity index (χ0) is 18.5. The molecular formula is C18H16N4O3S. The summed E-state index contributed by atoms with van der Waals surface area (Å²) in [4.78, 5) is 27.5. The number of thioether (sulfide) groups is 1. The molecule has 26 heavy (non-hydrogen) atoms. The highest BCUT2D eigenvalue weighted by Crippen LogP contribution is 2.27. The second-order valence-corrected chi connectivity index (χ2v) is 6.78. The quantitative estimate of drug-likeness (QED) is 0.525. The van der Waals surface area contributed by atoms with Gasteiger partial charge in [0.2, 0.25) is 11.8 Å².